The Kier molecular flexibility index (Phi) is 9.95. The Hall–Kier alpha value is -3.94. The van der Waals surface area contributed by atoms with Crippen molar-refractivity contribution in [1.29, 1.82) is 0 Å². The normalized spacial score (nSPS) is 13.3. The van der Waals surface area contributed by atoms with Crippen molar-refractivity contribution in [3.05, 3.63) is 118 Å². The van der Waals surface area contributed by atoms with Crippen LogP contribution in [0.4, 0.5) is 4.39 Å². The van der Waals surface area contributed by atoms with Gasteiger partial charge in [-0.2, -0.15) is 0 Å². The number of nitrogens with zero attached hydrogens (tertiary/aromatic N) is 1. The van der Waals surface area contributed by atoms with E-state index in [2.05, 4.69) is 26.6 Å². The Labute approximate surface area is 260 Å². The summed E-state index contributed by atoms with van der Waals surface area (Å²) in [6, 6.07) is 28.2. The fourth-order valence-electron chi connectivity index (χ4n) is 5.62. The van der Waals surface area contributed by atoms with E-state index in [1.165, 1.54) is 19.2 Å². The Morgan fingerprint density at radius 1 is 0.930 bits per heavy atom. The van der Waals surface area contributed by atoms with Crippen molar-refractivity contribution in [2.45, 2.75) is 39.2 Å². The van der Waals surface area contributed by atoms with Crippen LogP contribution in [0.1, 0.15) is 54.2 Å². The van der Waals surface area contributed by atoms with Crippen LogP contribution in [0.5, 0.6) is 5.75 Å². The number of halogens is 2. The molecule has 2 heterocycles. The van der Waals surface area contributed by atoms with Gasteiger partial charge in [0.25, 0.3) is 0 Å². The number of methoxy groups -OCH3 is 1. The van der Waals surface area contributed by atoms with Crippen molar-refractivity contribution < 1.29 is 23.4 Å². The molecule has 1 aliphatic heterocycles. The molecule has 0 saturated carbocycles. The van der Waals surface area contributed by atoms with Crippen molar-refractivity contribution in [2.24, 2.45) is 0 Å². The van der Waals surface area contributed by atoms with Gasteiger partial charge in [-0.05, 0) is 88.4 Å². The van der Waals surface area contributed by atoms with Crippen molar-refractivity contribution in [2.75, 3.05) is 20.3 Å². The number of rotatable bonds is 7. The van der Waals surface area contributed by atoms with Gasteiger partial charge in [-0.1, -0.05) is 56.3 Å². The molecule has 1 saturated heterocycles. The molecular weight excluding hydrogens is 609 g/mol. The van der Waals surface area contributed by atoms with Gasteiger partial charge in [0.1, 0.15) is 18.2 Å². The number of hydrogen-bond acceptors (Lipinski definition) is 4. The first-order valence-electron chi connectivity index (χ1n) is 14.6. The molecule has 1 aromatic heterocycles. The predicted octanol–water partition coefficient (Wildman–Crippen LogP) is 9.48. The van der Waals surface area contributed by atoms with Gasteiger partial charge in [-0.25, -0.2) is 9.18 Å². The van der Waals surface area contributed by atoms with Gasteiger partial charge in [-0.15, -0.1) is 0 Å². The molecule has 5 aromatic rings. The second kappa shape index (κ2) is 14.0. The lowest BCUT2D eigenvalue weighted by Crippen LogP contribution is -2.17. The van der Waals surface area contributed by atoms with E-state index in [0.717, 1.165) is 62.0 Å². The zero-order valence-corrected chi connectivity index (χ0v) is 26.2. The summed E-state index contributed by atoms with van der Waals surface area (Å²) < 4.78 is 34.4. The summed E-state index contributed by atoms with van der Waals surface area (Å²) in [6.45, 7) is 5.72. The predicted molar refractivity (Wildman–Crippen MR) is 173 cm³/mol. The first-order chi connectivity index (χ1) is 21.0. The summed E-state index contributed by atoms with van der Waals surface area (Å²) in [6.07, 6.45) is 1.71. The Morgan fingerprint density at radius 2 is 1.60 bits per heavy atom. The quantitative estimate of drug-likeness (QED) is 0.166. The maximum atomic E-state index is 14.1. The molecule has 6 rings (SSSR count). The maximum Gasteiger partial charge on any atom is 0.337 e. The third kappa shape index (κ3) is 6.38. The van der Waals surface area contributed by atoms with Crippen LogP contribution in [-0.4, -0.2) is 30.9 Å². The van der Waals surface area contributed by atoms with Crippen LogP contribution in [0.25, 0.3) is 27.7 Å². The van der Waals surface area contributed by atoms with E-state index in [9.17, 15) is 9.18 Å². The molecule has 1 fully saturated rings. The highest BCUT2D eigenvalue weighted by molar-refractivity contribution is 9.10. The first kappa shape index (κ1) is 30.5. The highest BCUT2D eigenvalue weighted by Crippen LogP contribution is 2.48. The molecular formula is C36H35BrFNO4. The van der Waals surface area contributed by atoms with Gasteiger partial charge in [0.2, 0.25) is 0 Å². The number of benzene rings is 4. The number of esters is 1. The summed E-state index contributed by atoms with van der Waals surface area (Å²) >= 11 is 3.77. The zero-order chi connectivity index (χ0) is 30.3. The van der Waals surface area contributed by atoms with E-state index in [1.807, 2.05) is 74.5 Å². The monoisotopic (exact) mass is 643 g/mol. The molecule has 43 heavy (non-hydrogen) atoms. The van der Waals surface area contributed by atoms with E-state index in [4.69, 9.17) is 14.2 Å². The average molecular weight is 645 g/mol. The van der Waals surface area contributed by atoms with Crippen LogP contribution >= 0.6 is 15.9 Å². The van der Waals surface area contributed by atoms with Crippen LogP contribution in [0, 0.1) is 5.82 Å². The minimum absolute atomic E-state index is 0.192. The van der Waals surface area contributed by atoms with E-state index in [1.54, 1.807) is 12.1 Å². The number of carbonyl (C=O) groups excluding carboxylic acids is 1. The molecule has 7 heteroatoms. The molecule has 0 radical (unpaired) electrons. The standard InChI is InChI=1S/C34H29BrFNO4.C2H6/c1-39-34(38)25-9-7-23(8-10-25)30-31-29(16-15-28(35)33(31)41-21-22-5-3-2-4-6-22)37(27-13-11-26(36)12-14-27)32(30)24-17-19-40-20-18-24;1-2/h2-16,24H,17-21H2,1H3;1-2H3. The van der Waals surface area contributed by atoms with Gasteiger partial charge >= 0.3 is 5.97 Å². The lowest BCUT2D eigenvalue weighted by atomic mass is 9.89. The Balaban J connectivity index is 0.00000180. The highest BCUT2D eigenvalue weighted by Gasteiger charge is 2.30. The fraction of sp³-hybridized carbons (Fsp3) is 0.250. The van der Waals surface area contributed by atoms with Gasteiger partial charge in [-0.3, -0.25) is 0 Å². The molecule has 0 N–H and O–H groups in total. The number of fused-ring (bicyclic) bond motifs is 1. The molecule has 4 aromatic carbocycles. The zero-order valence-electron chi connectivity index (χ0n) is 24.6. The lowest BCUT2D eigenvalue weighted by molar-refractivity contribution is 0.0600. The third-order valence-corrected chi connectivity index (χ3v) is 8.21. The van der Waals surface area contributed by atoms with Crippen LogP contribution in [0.3, 0.4) is 0 Å². The van der Waals surface area contributed by atoms with Gasteiger partial charge < -0.3 is 18.8 Å². The largest absolute Gasteiger partial charge is 0.487 e. The molecule has 0 aliphatic carbocycles. The van der Waals surface area contributed by atoms with Gasteiger partial charge in [0.05, 0.1) is 28.0 Å². The number of aromatic nitrogens is 1. The first-order valence-corrected chi connectivity index (χ1v) is 15.4. The second-order valence-corrected chi connectivity index (χ2v) is 10.9. The van der Waals surface area contributed by atoms with E-state index >= 15 is 0 Å². The molecule has 5 nitrogen and oxygen atoms in total. The van der Waals surface area contributed by atoms with Crippen LogP contribution in [-0.2, 0) is 16.1 Å². The number of hydrogen-bond donors (Lipinski definition) is 0. The smallest absolute Gasteiger partial charge is 0.337 e. The third-order valence-electron chi connectivity index (χ3n) is 7.59. The summed E-state index contributed by atoms with van der Waals surface area (Å²) in [4.78, 5) is 12.2. The van der Waals surface area contributed by atoms with Crippen LogP contribution < -0.4 is 4.74 Å². The molecule has 0 unspecified atom stereocenters. The summed E-state index contributed by atoms with van der Waals surface area (Å²) in [5.41, 5.74) is 6.45. The van der Waals surface area contributed by atoms with Gasteiger partial charge in [0.15, 0.2) is 0 Å². The van der Waals surface area contributed by atoms with Gasteiger partial charge in [0, 0.05) is 36.1 Å². The van der Waals surface area contributed by atoms with E-state index in [-0.39, 0.29) is 17.7 Å². The SMILES string of the molecule is CC.COC(=O)c1ccc(-c2c(C3CCOCC3)n(-c3ccc(F)cc3)c3ccc(Br)c(OCc4ccccc4)c23)cc1. The van der Waals surface area contributed by atoms with Crippen molar-refractivity contribution in [3.63, 3.8) is 0 Å². The van der Waals surface area contributed by atoms with Crippen molar-refractivity contribution >= 4 is 32.8 Å². The fourth-order valence-corrected chi connectivity index (χ4v) is 6.07. The Bertz CT molecular complexity index is 1680. The maximum absolute atomic E-state index is 14.1. The Morgan fingerprint density at radius 3 is 2.26 bits per heavy atom. The molecule has 0 spiro atoms. The van der Waals surface area contributed by atoms with Crippen LogP contribution in [0.2, 0.25) is 0 Å². The number of carbonyl (C=O) groups is 1. The van der Waals surface area contributed by atoms with Crippen LogP contribution in [0.15, 0.2) is 95.5 Å². The summed E-state index contributed by atoms with van der Waals surface area (Å²) in [5.74, 6) is 0.250. The second-order valence-electron chi connectivity index (χ2n) is 10.1. The van der Waals surface area contributed by atoms with Crippen molar-refractivity contribution in [3.8, 4) is 22.6 Å². The lowest BCUT2D eigenvalue weighted by Gasteiger charge is -2.26. The minimum Gasteiger partial charge on any atom is -0.487 e. The van der Waals surface area contributed by atoms with E-state index in [0.29, 0.717) is 25.4 Å². The van der Waals surface area contributed by atoms with Crippen molar-refractivity contribution in [1.82, 2.24) is 4.57 Å². The molecule has 222 valence electrons. The molecule has 0 atom stereocenters. The molecule has 1 aliphatic rings. The minimum atomic E-state index is -0.385. The average Bonchev–Trinajstić information content (AvgIpc) is 3.41. The highest BCUT2D eigenvalue weighted by atomic mass is 79.9. The molecule has 0 bridgehead atoms. The topological polar surface area (TPSA) is 49.7 Å². The summed E-state index contributed by atoms with van der Waals surface area (Å²) in [5, 5.41) is 0.951. The molecule has 0 amide bonds. The summed E-state index contributed by atoms with van der Waals surface area (Å²) in [7, 11) is 1.38. The van der Waals surface area contributed by atoms with E-state index < -0.39 is 0 Å². The number of ether oxygens (including phenoxy) is 3.